The summed E-state index contributed by atoms with van der Waals surface area (Å²) < 4.78 is 7.79. The number of hydrogen-bond acceptors (Lipinski definition) is 3. The zero-order valence-electron chi connectivity index (χ0n) is 15.1. The Morgan fingerprint density at radius 1 is 1.07 bits per heavy atom. The van der Waals surface area contributed by atoms with Crippen LogP contribution in [0, 0.1) is 0 Å². The van der Waals surface area contributed by atoms with Crippen LogP contribution in [0.25, 0.3) is 16.7 Å². The lowest BCUT2D eigenvalue weighted by Gasteiger charge is -2.21. The molecule has 28 heavy (non-hydrogen) atoms. The molecule has 0 bridgehead atoms. The van der Waals surface area contributed by atoms with Crippen LogP contribution in [0.5, 0.6) is 0 Å². The average Bonchev–Trinajstić information content (AvgIpc) is 3.35. The van der Waals surface area contributed by atoms with E-state index < -0.39 is 0 Å². The van der Waals surface area contributed by atoms with Crippen molar-refractivity contribution in [3.05, 3.63) is 89.4 Å². The minimum atomic E-state index is -0.283. The third-order valence-electron chi connectivity index (χ3n) is 4.55. The first-order chi connectivity index (χ1) is 13.7. The van der Waals surface area contributed by atoms with E-state index in [0.717, 1.165) is 10.9 Å². The van der Waals surface area contributed by atoms with Gasteiger partial charge in [0.05, 0.1) is 6.61 Å². The number of hydrogen-bond donors (Lipinski definition) is 1. The van der Waals surface area contributed by atoms with Crippen molar-refractivity contribution in [3.8, 4) is 5.69 Å². The second-order valence-electron chi connectivity index (χ2n) is 6.45. The van der Waals surface area contributed by atoms with Gasteiger partial charge in [-0.15, -0.1) is 0 Å². The summed E-state index contributed by atoms with van der Waals surface area (Å²) in [7, 11) is 0. The van der Waals surface area contributed by atoms with Gasteiger partial charge >= 0.3 is 0 Å². The number of nitrogens with zero attached hydrogens (tertiary/aromatic N) is 2. The molecule has 0 radical (unpaired) electrons. The van der Waals surface area contributed by atoms with Crippen molar-refractivity contribution in [1.82, 2.24) is 9.47 Å². The van der Waals surface area contributed by atoms with Crippen LogP contribution in [-0.2, 0) is 6.54 Å². The third-order valence-corrected chi connectivity index (χ3v) is 4.79. The van der Waals surface area contributed by atoms with Crippen LogP contribution < -0.4 is 0 Å². The number of carbonyl (C=O) groups is 1. The van der Waals surface area contributed by atoms with E-state index in [1.165, 1.54) is 0 Å². The van der Waals surface area contributed by atoms with Crippen molar-refractivity contribution in [3.63, 3.8) is 0 Å². The summed E-state index contributed by atoms with van der Waals surface area (Å²) in [5.41, 5.74) is 2.20. The van der Waals surface area contributed by atoms with Gasteiger partial charge in [0, 0.05) is 35.9 Å². The fraction of sp³-hybridized carbons (Fsp3) is 0.136. The lowest BCUT2D eigenvalue weighted by atomic mass is 10.2. The highest BCUT2D eigenvalue weighted by Gasteiger charge is 2.26. The quantitative estimate of drug-likeness (QED) is 0.523. The first-order valence-corrected chi connectivity index (χ1v) is 9.34. The van der Waals surface area contributed by atoms with E-state index >= 15 is 0 Å². The van der Waals surface area contributed by atoms with Crippen molar-refractivity contribution in [1.29, 1.82) is 0 Å². The van der Waals surface area contributed by atoms with Gasteiger partial charge in [0.1, 0.15) is 11.3 Å². The number of aromatic nitrogens is 1. The van der Waals surface area contributed by atoms with Gasteiger partial charge < -0.3 is 19.0 Å². The number of benzene rings is 2. The number of carbonyl (C=O) groups excluding carboxylic acids is 1. The summed E-state index contributed by atoms with van der Waals surface area (Å²) in [6.45, 7) is 0.448. The lowest BCUT2D eigenvalue weighted by molar-refractivity contribution is 0.0678. The van der Waals surface area contributed by atoms with E-state index in [0.29, 0.717) is 22.8 Å². The molecule has 1 N–H and O–H groups in total. The van der Waals surface area contributed by atoms with Crippen molar-refractivity contribution in [2.24, 2.45) is 0 Å². The van der Waals surface area contributed by atoms with Gasteiger partial charge in [-0.1, -0.05) is 41.9 Å². The third kappa shape index (κ3) is 3.54. The Balaban J connectivity index is 1.80. The molecule has 5 nitrogen and oxygen atoms in total. The standard InChI is InChI=1S/C22H19ClN2O3/c23-17-8-9-19-18(14-17)20(24-10-4-5-11-24)21(28-19)22(27)25(12-13-26)15-16-6-2-1-3-7-16/h1-11,14,26H,12-13,15H2. The molecule has 0 aliphatic rings. The van der Waals surface area contributed by atoms with Gasteiger partial charge in [-0.2, -0.15) is 0 Å². The molecule has 0 fully saturated rings. The van der Waals surface area contributed by atoms with E-state index in [1.54, 1.807) is 23.1 Å². The molecule has 1 amide bonds. The Hall–Kier alpha value is -3.02. The Bertz CT molecular complexity index is 1090. The predicted molar refractivity (Wildman–Crippen MR) is 109 cm³/mol. The average molecular weight is 395 g/mol. The molecule has 0 atom stereocenters. The largest absolute Gasteiger partial charge is 0.449 e. The van der Waals surface area contributed by atoms with Crippen LogP contribution in [0.15, 0.2) is 77.5 Å². The van der Waals surface area contributed by atoms with E-state index in [1.807, 2.05) is 59.4 Å². The smallest absolute Gasteiger partial charge is 0.292 e. The summed E-state index contributed by atoms with van der Waals surface area (Å²) in [4.78, 5) is 15.0. The molecule has 142 valence electrons. The minimum absolute atomic E-state index is 0.135. The maximum absolute atomic E-state index is 13.4. The van der Waals surface area contributed by atoms with Crippen LogP contribution in [0.1, 0.15) is 16.1 Å². The van der Waals surface area contributed by atoms with Crippen LogP contribution in [0.3, 0.4) is 0 Å². The molecule has 6 heteroatoms. The number of aliphatic hydroxyl groups is 1. The number of aliphatic hydroxyl groups excluding tert-OH is 1. The predicted octanol–water partition coefficient (Wildman–Crippen LogP) is 4.51. The summed E-state index contributed by atoms with van der Waals surface area (Å²) in [5, 5.41) is 10.8. The first-order valence-electron chi connectivity index (χ1n) is 8.97. The SMILES string of the molecule is O=C(c1oc2ccc(Cl)cc2c1-n1cccc1)N(CCO)Cc1ccccc1. The molecular formula is C22H19ClN2O3. The van der Waals surface area contributed by atoms with Crippen LogP contribution >= 0.6 is 11.6 Å². The fourth-order valence-corrected chi connectivity index (χ4v) is 3.43. The van der Waals surface area contributed by atoms with Gasteiger partial charge in [0.2, 0.25) is 5.76 Å². The van der Waals surface area contributed by atoms with Crippen molar-refractivity contribution < 1.29 is 14.3 Å². The summed E-state index contributed by atoms with van der Waals surface area (Å²) in [5.74, 6) is -0.0632. The van der Waals surface area contributed by atoms with Crippen LogP contribution in [0.4, 0.5) is 0 Å². The molecule has 2 aromatic heterocycles. The topological polar surface area (TPSA) is 58.6 Å². The minimum Gasteiger partial charge on any atom is -0.449 e. The van der Waals surface area contributed by atoms with Gasteiger partial charge in [-0.3, -0.25) is 4.79 Å². The summed E-state index contributed by atoms with van der Waals surface area (Å²) >= 11 is 6.18. The molecule has 4 aromatic rings. The molecule has 0 saturated heterocycles. The zero-order chi connectivity index (χ0) is 19.5. The zero-order valence-corrected chi connectivity index (χ0v) is 15.8. The maximum Gasteiger partial charge on any atom is 0.292 e. The summed E-state index contributed by atoms with van der Waals surface area (Å²) in [6, 6.07) is 18.7. The first kappa shape index (κ1) is 18.3. The molecule has 0 saturated carbocycles. The van der Waals surface area contributed by atoms with Crippen molar-refractivity contribution in [2.75, 3.05) is 13.2 Å². The number of halogens is 1. The second kappa shape index (κ2) is 7.92. The monoisotopic (exact) mass is 394 g/mol. The Kier molecular flexibility index (Phi) is 5.19. The lowest BCUT2D eigenvalue weighted by Crippen LogP contribution is -2.33. The van der Waals surface area contributed by atoms with Crippen LogP contribution in [-0.4, -0.2) is 33.6 Å². The van der Waals surface area contributed by atoms with E-state index in [4.69, 9.17) is 16.0 Å². The highest BCUT2D eigenvalue weighted by Crippen LogP contribution is 2.32. The van der Waals surface area contributed by atoms with Crippen molar-refractivity contribution in [2.45, 2.75) is 6.54 Å². The number of furan rings is 1. The van der Waals surface area contributed by atoms with E-state index in [9.17, 15) is 9.90 Å². The number of rotatable bonds is 6. The van der Waals surface area contributed by atoms with Gasteiger partial charge in [-0.05, 0) is 35.9 Å². The van der Waals surface area contributed by atoms with Crippen molar-refractivity contribution >= 4 is 28.5 Å². The second-order valence-corrected chi connectivity index (χ2v) is 6.88. The Morgan fingerprint density at radius 2 is 1.82 bits per heavy atom. The van der Waals surface area contributed by atoms with E-state index in [2.05, 4.69) is 0 Å². The molecule has 2 aromatic carbocycles. The molecule has 0 aliphatic carbocycles. The number of amides is 1. The maximum atomic E-state index is 13.4. The Morgan fingerprint density at radius 3 is 2.54 bits per heavy atom. The highest BCUT2D eigenvalue weighted by molar-refractivity contribution is 6.31. The van der Waals surface area contributed by atoms with Crippen LogP contribution in [0.2, 0.25) is 5.02 Å². The highest BCUT2D eigenvalue weighted by atomic mass is 35.5. The fourth-order valence-electron chi connectivity index (χ4n) is 3.26. The number of fused-ring (bicyclic) bond motifs is 1. The molecule has 4 rings (SSSR count). The Labute approximate surface area is 167 Å². The van der Waals surface area contributed by atoms with Gasteiger partial charge in [-0.25, -0.2) is 0 Å². The van der Waals surface area contributed by atoms with Gasteiger partial charge in [0.25, 0.3) is 5.91 Å². The molecule has 0 unspecified atom stereocenters. The molecule has 0 aliphatic heterocycles. The molecule has 0 spiro atoms. The van der Waals surface area contributed by atoms with E-state index in [-0.39, 0.29) is 24.8 Å². The normalized spacial score (nSPS) is 11.1. The molecule has 2 heterocycles. The summed E-state index contributed by atoms with van der Waals surface area (Å²) in [6.07, 6.45) is 3.71. The molecular weight excluding hydrogens is 376 g/mol. The van der Waals surface area contributed by atoms with Gasteiger partial charge in [0.15, 0.2) is 0 Å².